The number of hydrogen-bond acceptors (Lipinski definition) is 2. The Morgan fingerprint density at radius 2 is 1.35 bits per heavy atom. The summed E-state index contributed by atoms with van der Waals surface area (Å²) in [5.74, 6) is -1.08. The average molecular weight is 265 g/mol. The normalized spacial score (nSPS) is 11.6. The minimum atomic E-state index is -1.08. The minimum Gasteiger partial charge on any atom is -0.478 e. The van der Waals surface area contributed by atoms with E-state index in [1.165, 1.54) is 0 Å². The number of hydrogen-bond donors (Lipinski definition) is 2. The predicted molar refractivity (Wildman–Crippen MR) is 80.7 cm³/mol. The summed E-state index contributed by atoms with van der Waals surface area (Å²) in [6, 6.07) is 18.2. The largest absolute Gasteiger partial charge is 0.478 e. The summed E-state index contributed by atoms with van der Waals surface area (Å²) in [4.78, 5) is 11.5. The molecule has 0 aliphatic heterocycles. The van der Waals surface area contributed by atoms with Gasteiger partial charge in [0, 0.05) is 0 Å². The van der Waals surface area contributed by atoms with Gasteiger partial charge in [-0.1, -0.05) is 67.2 Å². The van der Waals surface area contributed by atoms with E-state index in [2.05, 4.69) is 6.58 Å². The molecule has 0 fully saturated rings. The zero-order chi connectivity index (χ0) is 14.5. The molecule has 0 aliphatic carbocycles. The molecule has 2 aromatic carbocycles. The molecule has 0 heterocycles. The smallest absolute Gasteiger partial charge is 0.338 e. The zero-order valence-electron chi connectivity index (χ0n) is 10.9. The van der Waals surface area contributed by atoms with Crippen molar-refractivity contribution in [3.05, 3.63) is 83.9 Å². The molecular weight excluding hydrogens is 250 g/mol. The summed E-state index contributed by atoms with van der Waals surface area (Å²) in [7, 11) is 0. The van der Waals surface area contributed by atoms with Crippen molar-refractivity contribution in [2.45, 2.75) is 0 Å². The summed E-state index contributed by atoms with van der Waals surface area (Å²) < 4.78 is 0. The summed E-state index contributed by atoms with van der Waals surface area (Å²) in [6.07, 6.45) is 0. The molecule has 0 aliphatic rings. The predicted octanol–water partition coefficient (Wildman–Crippen LogP) is 3.15. The third kappa shape index (κ3) is 2.78. The van der Waals surface area contributed by atoms with Gasteiger partial charge in [-0.3, -0.25) is 0 Å². The van der Waals surface area contributed by atoms with Crippen LogP contribution in [0.3, 0.4) is 0 Å². The fraction of sp³-hybridized carbons (Fsp3) is 0. The van der Waals surface area contributed by atoms with Gasteiger partial charge in [0.15, 0.2) is 0 Å². The highest BCUT2D eigenvalue weighted by Crippen LogP contribution is 2.26. The Balaban J connectivity index is 2.53. The first-order valence-corrected chi connectivity index (χ1v) is 6.14. The van der Waals surface area contributed by atoms with Gasteiger partial charge in [-0.15, -0.1) is 0 Å². The molecule has 0 saturated heterocycles. The van der Waals surface area contributed by atoms with E-state index in [9.17, 15) is 9.90 Å². The maximum absolute atomic E-state index is 11.5. The van der Waals surface area contributed by atoms with Crippen LogP contribution in [0.4, 0.5) is 0 Å². The van der Waals surface area contributed by atoms with Gasteiger partial charge in [0.25, 0.3) is 0 Å². The summed E-state index contributed by atoms with van der Waals surface area (Å²) in [5.41, 5.74) is 8.07. The molecule has 0 aromatic heterocycles. The van der Waals surface area contributed by atoms with Gasteiger partial charge in [-0.2, -0.15) is 0 Å². The van der Waals surface area contributed by atoms with Gasteiger partial charge < -0.3 is 10.8 Å². The summed E-state index contributed by atoms with van der Waals surface area (Å²) in [5, 5.41) is 9.44. The highest BCUT2D eigenvalue weighted by molar-refractivity contribution is 6.11. The summed E-state index contributed by atoms with van der Waals surface area (Å²) >= 11 is 0. The standard InChI is InChI=1S/C17H15NO2/c1-12(13-8-4-2-5-9-13)15(17(19)20)16(18)14-10-6-3-7-11-14/h2-11H,1,18H2,(H,19,20)/b16-15-. The molecule has 2 rings (SSSR count). The van der Waals surface area contributed by atoms with Crippen molar-refractivity contribution in [1.82, 2.24) is 0 Å². The molecule has 0 spiro atoms. The molecular formula is C17H15NO2. The number of carboxylic acids is 1. The van der Waals surface area contributed by atoms with Crippen molar-refractivity contribution in [3.63, 3.8) is 0 Å². The lowest BCUT2D eigenvalue weighted by Crippen LogP contribution is -2.11. The third-order valence-electron chi connectivity index (χ3n) is 2.99. The van der Waals surface area contributed by atoms with Crippen LogP contribution in [0.15, 0.2) is 72.8 Å². The highest BCUT2D eigenvalue weighted by atomic mass is 16.4. The van der Waals surface area contributed by atoms with Crippen molar-refractivity contribution < 1.29 is 9.90 Å². The lowest BCUT2D eigenvalue weighted by Gasteiger charge is -2.11. The number of aliphatic carboxylic acids is 1. The van der Waals surface area contributed by atoms with Gasteiger partial charge >= 0.3 is 5.97 Å². The van der Waals surface area contributed by atoms with Crippen molar-refractivity contribution in [1.29, 1.82) is 0 Å². The van der Waals surface area contributed by atoms with Crippen LogP contribution in [0, 0.1) is 0 Å². The molecule has 3 N–H and O–H groups in total. The van der Waals surface area contributed by atoms with Gasteiger partial charge in [-0.25, -0.2) is 4.79 Å². The number of nitrogens with two attached hydrogens (primary N) is 1. The van der Waals surface area contributed by atoms with E-state index >= 15 is 0 Å². The monoisotopic (exact) mass is 265 g/mol. The van der Waals surface area contributed by atoms with E-state index in [1.54, 1.807) is 12.1 Å². The van der Waals surface area contributed by atoms with E-state index in [1.807, 2.05) is 48.5 Å². The molecule has 3 heteroatoms. The number of benzene rings is 2. The lowest BCUT2D eigenvalue weighted by atomic mass is 9.95. The van der Waals surface area contributed by atoms with Crippen LogP contribution in [-0.4, -0.2) is 11.1 Å². The Labute approximate surface area is 117 Å². The van der Waals surface area contributed by atoms with Crippen molar-refractivity contribution in [2.75, 3.05) is 0 Å². The first kappa shape index (κ1) is 13.6. The van der Waals surface area contributed by atoms with E-state index in [-0.39, 0.29) is 11.3 Å². The van der Waals surface area contributed by atoms with Crippen LogP contribution in [0.2, 0.25) is 0 Å². The second-order valence-corrected chi connectivity index (χ2v) is 4.30. The average Bonchev–Trinajstić information content (AvgIpc) is 2.48. The Hall–Kier alpha value is -2.81. The molecule has 0 unspecified atom stereocenters. The van der Waals surface area contributed by atoms with E-state index in [4.69, 9.17) is 5.73 Å². The van der Waals surface area contributed by atoms with Gasteiger partial charge in [-0.05, 0) is 16.7 Å². The van der Waals surface area contributed by atoms with E-state index in [0.717, 1.165) is 5.56 Å². The zero-order valence-corrected chi connectivity index (χ0v) is 10.9. The van der Waals surface area contributed by atoms with Gasteiger partial charge in [0.05, 0.1) is 11.3 Å². The maximum atomic E-state index is 11.5. The van der Waals surface area contributed by atoms with Crippen LogP contribution in [-0.2, 0) is 4.79 Å². The van der Waals surface area contributed by atoms with E-state index < -0.39 is 5.97 Å². The van der Waals surface area contributed by atoms with Crippen molar-refractivity contribution in [3.8, 4) is 0 Å². The minimum absolute atomic E-state index is 0.0300. The number of carboxylic acid groups (broad SMARTS) is 1. The molecule has 3 nitrogen and oxygen atoms in total. The molecule has 0 saturated carbocycles. The fourth-order valence-corrected chi connectivity index (χ4v) is 1.95. The van der Waals surface area contributed by atoms with Gasteiger partial charge in [0.2, 0.25) is 0 Å². The van der Waals surface area contributed by atoms with Gasteiger partial charge in [0.1, 0.15) is 0 Å². The lowest BCUT2D eigenvalue weighted by molar-refractivity contribution is -0.132. The maximum Gasteiger partial charge on any atom is 0.338 e. The van der Waals surface area contributed by atoms with Crippen LogP contribution < -0.4 is 5.73 Å². The third-order valence-corrected chi connectivity index (χ3v) is 2.99. The Morgan fingerprint density at radius 1 is 0.900 bits per heavy atom. The molecule has 0 bridgehead atoms. The Morgan fingerprint density at radius 3 is 1.80 bits per heavy atom. The number of carbonyl (C=O) groups is 1. The molecule has 0 amide bonds. The van der Waals surface area contributed by atoms with Crippen molar-refractivity contribution >= 4 is 17.2 Å². The molecule has 0 radical (unpaired) electrons. The second-order valence-electron chi connectivity index (χ2n) is 4.30. The molecule has 20 heavy (non-hydrogen) atoms. The topological polar surface area (TPSA) is 63.3 Å². The quantitative estimate of drug-likeness (QED) is 0.659. The first-order chi connectivity index (χ1) is 9.61. The van der Waals surface area contributed by atoms with Crippen molar-refractivity contribution in [2.24, 2.45) is 5.73 Å². The molecule has 2 aromatic rings. The molecule has 0 atom stereocenters. The van der Waals surface area contributed by atoms with E-state index in [0.29, 0.717) is 11.1 Å². The summed E-state index contributed by atoms with van der Waals surface area (Å²) in [6.45, 7) is 3.87. The fourth-order valence-electron chi connectivity index (χ4n) is 1.95. The van der Waals surface area contributed by atoms with Crippen LogP contribution in [0.25, 0.3) is 11.3 Å². The SMILES string of the molecule is C=C(/C(C(=O)O)=C(/N)c1ccccc1)c1ccccc1. The van der Waals surface area contributed by atoms with Crippen LogP contribution >= 0.6 is 0 Å². The first-order valence-electron chi connectivity index (χ1n) is 6.14. The Bertz CT molecular complexity index is 658. The highest BCUT2D eigenvalue weighted by Gasteiger charge is 2.18. The number of rotatable bonds is 4. The van der Waals surface area contributed by atoms with Crippen LogP contribution in [0.5, 0.6) is 0 Å². The molecule has 100 valence electrons. The Kier molecular flexibility index (Phi) is 4.01. The van der Waals surface area contributed by atoms with Crippen LogP contribution in [0.1, 0.15) is 11.1 Å². The second kappa shape index (κ2) is 5.89.